The quantitative estimate of drug-likeness (QED) is 0.152. The average molecular weight is 472 g/mol. The molecule has 2 aliphatic heterocycles. The molecule has 2 atom stereocenters. The summed E-state index contributed by atoms with van der Waals surface area (Å²) in [6, 6.07) is 4.69. The molecule has 0 aliphatic carbocycles. The molecule has 14 heteroatoms. The number of carboxylic acid groups (broad SMARTS) is 1. The number of rotatable bonds is 7. The summed E-state index contributed by atoms with van der Waals surface area (Å²) < 4.78 is 4.63. The van der Waals surface area contributed by atoms with E-state index in [0.717, 1.165) is 4.90 Å². The van der Waals surface area contributed by atoms with E-state index in [9.17, 15) is 29.4 Å². The average Bonchev–Trinajstić information content (AvgIpc) is 2.73. The zero-order valence-corrected chi connectivity index (χ0v) is 19.9. The summed E-state index contributed by atoms with van der Waals surface area (Å²) in [4.78, 5) is 53.4. The number of phenols is 1. The minimum atomic E-state index is -1.62. The van der Waals surface area contributed by atoms with Crippen LogP contribution in [-0.2, 0) is 24.0 Å². The largest absolute Gasteiger partial charge is 1.00 e. The minimum absolute atomic E-state index is 0. The van der Waals surface area contributed by atoms with Gasteiger partial charge in [0.2, 0.25) is 0 Å². The summed E-state index contributed by atoms with van der Waals surface area (Å²) in [5.74, 6) is -3.05. The van der Waals surface area contributed by atoms with Crippen molar-refractivity contribution in [2.24, 2.45) is 10.9 Å². The molecule has 4 N–H and O–H groups in total. The number of carbonyl (C=O) groups excluding carboxylic acids is 4. The van der Waals surface area contributed by atoms with E-state index < -0.39 is 47.6 Å². The molecule has 0 spiro atoms. The topological polar surface area (TPSA) is 184 Å². The molecular weight excluding hydrogens is 455 g/mol. The van der Waals surface area contributed by atoms with E-state index in [1.54, 1.807) is 0 Å². The van der Waals surface area contributed by atoms with Crippen LogP contribution in [0.2, 0.25) is 0 Å². The Bertz CT molecular complexity index is 1010. The van der Waals surface area contributed by atoms with Crippen LogP contribution in [0.5, 0.6) is 5.75 Å². The van der Waals surface area contributed by atoms with Crippen molar-refractivity contribution < 1.29 is 68.5 Å². The molecule has 0 bridgehead atoms. The Kier molecular flexibility index (Phi) is 8.55. The van der Waals surface area contributed by atoms with Crippen molar-refractivity contribution in [3.8, 4) is 5.75 Å². The number of β-lactam (4-membered cyclic amide) rings is 1. The van der Waals surface area contributed by atoms with Crippen molar-refractivity contribution in [2.75, 3.05) is 19.5 Å². The second kappa shape index (κ2) is 10.7. The SMILES string of the molecule is CON=C(C(=O)NC1C(=O)N2C(C(=O)[O-])=C(COC(N)=O)CS[C@H]12)c1cccc(O)c1.[Na+]. The number of thioether (sulfide) groups is 1. The van der Waals surface area contributed by atoms with Crippen LogP contribution in [-0.4, -0.2) is 70.5 Å². The number of nitrogens with one attached hydrogen (secondary N) is 1. The number of phenolic OH excluding ortho intramolecular Hbond substituents is 1. The monoisotopic (exact) mass is 472 g/mol. The maximum absolute atomic E-state index is 12.7. The van der Waals surface area contributed by atoms with E-state index >= 15 is 0 Å². The van der Waals surface area contributed by atoms with Crippen molar-refractivity contribution >= 4 is 41.4 Å². The standard InChI is InChI=1S/C18H18N4O8S.Na/c1-29-21-11(8-3-2-4-10(23)5-8)14(24)20-12-15(25)22-13(17(26)27)9(6-30-18(19)28)7-31-16(12)22;/h2-5,12,16,23H,6-7H2,1H3,(H2,19,28)(H,20,24)(H,26,27);/q;+1/p-1/t12?,16-;/m1./s1. The minimum Gasteiger partial charge on any atom is -0.543 e. The van der Waals surface area contributed by atoms with Gasteiger partial charge in [-0.2, -0.15) is 0 Å². The first-order chi connectivity index (χ1) is 14.7. The van der Waals surface area contributed by atoms with Gasteiger partial charge in [0.05, 0.1) is 11.7 Å². The predicted octanol–water partition coefficient (Wildman–Crippen LogP) is -4.75. The van der Waals surface area contributed by atoms with Gasteiger partial charge in [0, 0.05) is 16.9 Å². The molecule has 3 rings (SSSR count). The molecule has 1 aromatic carbocycles. The third-order valence-electron chi connectivity index (χ3n) is 4.43. The van der Waals surface area contributed by atoms with Gasteiger partial charge in [-0.25, -0.2) is 4.79 Å². The third-order valence-corrected chi connectivity index (χ3v) is 5.77. The van der Waals surface area contributed by atoms with Crippen LogP contribution in [0.1, 0.15) is 5.56 Å². The van der Waals surface area contributed by atoms with Gasteiger partial charge in [0.1, 0.15) is 30.9 Å². The number of hydrogen-bond donors (Lipinski definition) is 3. The molecule has 0 saturated carbocycles. The summed E-state index contributed by atoms with van der Waals surface area (Å²) in [6.07, 6.45) is -1.09. The van der Waals surface area contributed by atoms with Gasteiger partial charge in [-0.3, -0.25) is 14.5 Å². The number of fused-ring (bicyclic) bond motifs is 1. The zero-order valence-electron chi connectivity index (χ0n) is 17.1. The first-order valence-electron chi connectivity index (χ1n) is 8.76. The molecular formula is C18H17N4NaO8S. The van der Waals surface area contributed by atoms with Gasteiger partial charge in [0.15, 0.2) is 5.71 Å². The molecule has 3 amide bonds. The Morgan fingerprint density at radius 1 is 1.41 bits per heavy atom. The number of ether oxygens (including phenoxy) is 1. The summed E-state index contributed by atoms with van der Waals surface area (Å²) in [5.41, 5.74) is 4.70. The predicted molar refractivity (Wildman–Crippen MR) is 104 cm³/mol. The van der Waals surface area contributed by atoms with Gasteiger partial charge in [-0.05, 0) is 12.1 Å². The van der Waals surface area contributed by atoms with Crippen LogP contribution in [0.25, 0.3) is 0 Å². The number of carboxylic acids is 1. The molecule has 0 aromatic heterocycles. The summed E-state index contributed by atoms with van der Waals surface area (Å²) in [7, 11) is 1.23. The maximum Gasteiger partial charge on any atom is 1.00 e. The number of amides is 3. The Hall–Kier alpha value is -2.74. The fourth-order valence-electron chi connectivity index (χ4n) is 3.12. The fraction of sp³-hybridized carbons (Fsp3) is 0.278. The number of aliphatic carboxylic acids is 1. The van der Waals surface area contributed by atoms with Gasteiger partial charge in [-0.15, -0.1) is 11.8 Å². The molecule has 12 nitrogen and oxygen atoms in total. The summed E-state index contributed by atoms with van der Waals surface area (Å²) >= 11 is 1.17. The van der Waals surface area contributed by atoms with E-state index in [4.69, 9.17) is 10.6 Å². The molecule has 2 heterocycles. The zero-order chi connectivity index (χ0) is 22.7. The maximum atomic E-state index is 12.7. The van der Waals surface area contributed by atoms with Crippen molar-refractivity contribution in [1.82, 2.24) is 10.2 Å². The molecule has 2 aliphatic rings. The van der Waals surface area contributed by atoms with Crippen LogP contribution in [0.4, 0.5) is 4.79 Å². The van der Waals surface area contributed by atoms with E-state index in [-0.39, 0.29) is 57.9 Å². The second-order valence-electron chi connectivity index (χ2n) is 6.38. The van der Waals surface area contributed by atoms with E-state index in [0.29, 0.717) is 0 Å². The van der Waals surface area contributed by atoms with Crippen molar-refractivity contribution in [1.29, 1.82) is 0 Å². The van der Waals surface area contributed by atoms with Crippen LogP contribution in [0.3, 0.4) is 0 Å². The van der Waals surface area contributed by atoms with Gasteiger partial charge in [-0.1, -0.05) is 17.3 Å². The van der Waals surface area contributed by atoms with Crippen molar-refractivity contribution in [2.45, 2.75) is 11.4 Å². The number of oxime groups is 1. The molecule has 1 saturated heterocycles. The Morgan fingerprint density at radius 2 is 2.12 bits per heavy atom. The number of benzene rings is 1. The second-order valence-corrected chi connectivity index (χ2v) is 7.49. The number of aromatic hydroxyl groups is 1. The van der Waals surface area contributed by atoms with Crippen LogP contribution >= 0.6 is 11.8 Å². The molecule has 1 aromatic rings. The number of nitrogens with two attached hydrogens (primary N) is 1. The molecule has 0 radical (unpaired) electrons. The smallest absolute Gasteiger partial charge is 0.543 e. The number of carbonyl (C=O) groups is 4. The van der Waals surface area contributed by atoms with E-state index in [1.165, 1.54) is 43.1 Å². The molecule has 1 unspecified atom stereocenters. The normalized spacial score (nSPS) is 19.8. The van der Waals surface area contributed by atoms with E-state index in [2.05, 4.69) is 15.2 Å². The summed E-state index contributed by atoms with van der Waals surface area (Å²) in [6.45, 7) is -0.401. The third kappa shape index (κ3) is 5.18. The number of nitrogens with zero attached hydrogens (tertiary/aromatic N) is 2. The Labute approximate surface area is 208 Å². The van der Waals surface area contributed by atoms with Crippen LogP contribution < -0.4 is 45.7 Å². The van der Waals surface area contributed by atoms with Gasteiger partial charge < -0.3 is 35.6 Å². The fourth-order valence-corrected chi connectivity index (χ4v) is 4.45. The molecule has 164 valence electrons. The first kappa shape index (κ1) is 25.5. The Morgan fingerprint density at radius 3 is 2.72 bits per heavy atom. The van der Waals surface area contributed by atoms with E-state index in [1.807, 2.05) is 0 Å². The van der Waals surface area contributed by atoms with Crippen LogP contribution in [0.15, 0.2) is 40.7 Å². The van der Waals surface area contributed by atoms with Gasteiger partial charge in [0.25, 0.3) is 11.8 Å². The summed E-state index contributed by atoms with van der Waals surface area (Å²) in [5, 5.41) is 26.7. The van der Waals surface area contributed by atoms with Gasteiger partial charge >= 0.3 is 35.7 Å². The number of primary amides is 1. The molecule has 32 heavy (non-hydrogen) atoms. The van der Waals surface area contributed by atoms with Crippen molar-refractivity contribution in [3.05, 3.63) is 41.1 Å². The first-order valence-corrected chi connectivity index (χ1v) is 9.81. The molecule has 1 fully saturated rings. The number of hydrogen-bond acceptors (Lipinski definition) is 10. The van der Waals surface area contributed by atoms with Crippen molar-refractivity contribution in [3.63, 3.8) is 0 Å². The van der Waals surface area contributed by atoms with Crippen LogP contribution in [0, 0.1) is 0 Å². The Balaban J connectivity index is 0.00000363.